The van der Waals surface area contributed by atoms with Crippen molar-refractivity contribution in [1.29, 1.82) is 0 Å². The molecule has 0 saturated carbocycles. The molecular formula is C27H36N2O3. The highest BCUT2D eigenvalue weighted by molar-refractivity contribution is 5.97. The molecule has 172 valence electrons. The molecule has 0 aliphatic carbocycles. The molecule has 5 nitrogen and oxygen atoms in total. The zero-order valence-corrected chi connectivity index (χ0v) is 20.3. The van der Waals surface area contributed by atoms with Gasteiger partial charge < -0.3 is 20.1 Å². The number of carbonyl (C=O) groups is 1. The molecule has 32 heavy (non-hydrogen) atoms. The number of amides is 1. The summed E-state index contributed by atoms with van der Waals surface area (Å²) >= 11 is 0. The predicted octanol–water partition coefficient (Wildman–Crippen LogP) is 5.46. The minimum Gasteiger partial charge on any atom is -0.378 e. The number of rotatable bonds is 6. The van der Waals surface area contributed by atoms with Crippen molar-refractivity contribution >= 4 is 17.7 Å². The summed E-state index contributed by atoms with van der Waals surface area (Å²) in [7, 11) is 0. The number of nitrogens with one attached hydrogen (secondary N) is 2. The predicted molar refractivity (Wildman–Crippen MR) is 132 cm³/mol. The van der Waals surface area contributed by atoms with Crippen LogP contribution < -0.4 is 10.6 Å². The molecule has 1 aliphatic rings. The van der Waals surface area contributed by atoms with E-state index in [1.807, 2.05) is 40.7 Å². The minimum atomic E-state index is -0.504. The molecule has 2 N–H and O–H groups in total. The van der Waals surface area contributed by atoms with Gasteiger partial charge in [0.2, 0.25) is 5.91 Å². The van der Waals surface area contributed by atoms with Gasteiger partial charge in [0.05, 0.1) is 19.3 Å². The van der Waals surface area contributed by atoms with Crippen molar-refractivity contribution in [2.24, 2.45) is 0 Å². The fraction of sp³-hybridized carbons (Fsp3) is 0.444. The molecule has 1 saturated heterocycles. The van der Waals surface area contributed by atoms with Crippen LogP contribution in [0.2, 0.25) is 0 Å². The van der Waals surface area contributed by atoms with Crippen LogP contribution in [0.25, 0.3) is 17.2 Å². The molecular weight excluding hydrogens is 400 g/mol. The topological polar surface area (TPSA) is 59.6 Å². The van der Waals surface area contributed by atoms with E-state index in [1.165, 1.54) is 16.7 Å². The van der Waals surface area contributed by atoms with E-state index in [1.54, 1.807) is 0 Å². The number of hydrogen-bond acceptors (Lipinski definition) is 4. The first kappa shape index (κ1) is 24.0. The fourth-order valence-electron chi connectivity index (χ4n) is 3.74. The summed E-state index contributed by atoms with van der Waals surface area (Å²) in [5.74, 6) is -0.531. The van der Waals surface area contributed by atoms with Crippen LogP contribution in [0.4, 0.5) is 5.69 Å². The summed E-state index contributed by atoms with van der Waals surface area (Å²) in [6, 6.07) is 13.1. The molecule has 3 rings (SSSR count). The first-order chi connectivity index (χ1) is 15.0. The van der Waals surface area contributed by atoms with Gasteiger partial charge in [0.15, 0.2) is 5.79 Å². The van der Waals surface area contributed by atoms with Gasteiger partial charge in [-0.2, -0.15) is 0 Å². The Balaban J connectivity index is 1.73. The van der Waals surface area contributed by atoms with Crippen molar-refractivity contribution in [3.8, 4) is 11.1 Å². The first-order valence-electron chi connectivity index (χ1n) is 11.3. The zero-order chi connectivity index (χ0) is 23.5. The van der Waals surface area contributed by atoms with Gasteiger partial charge >= 0.3 is 0 Å². The summed E-state index contributed by atoms with van der Waals surface area (Å²) in [6.07, 6.45) is 1.96. The average Bonchev–Trinajstić information content (AvgIpc) is 2.72. The second-order valence-corrected chi connectivity index (χ2v) is 9.42. The van der Waals surface area contributed by atoms with E-state index in [0.717, 1.165) is 16.8 Å². The SMILES string of the molecule is C/C(=C\c1cc(C)c(-c2ccc(NC3COC(C)(C)OC3)cc2)cc1C)C(=O)NC(C)C. The number of anilines is 1. The summed E-state index contributed by atoms with van der Waals surface area (Å²) in [5.41, 5.74) is 7.51. The Hall–Kier alpha value is -2.63. The normalized spacial score (nSPS) is 16.8. The van der Waals surface area contributed by atoms with Crippen LogP contribution in [0.1, 0.15) is 51.3 Å². The van der Waals surface area contributed by atoms with Gasteiger partial charge in [-0.25, -0.2) is 0 Å². The molecule has 0 atom stereocenters. The maximum atomic E-state index is 12.2. The van der Waals surface area contributed by atoms with E-state index in [-0.39, 0.29) is 18.0 Å². The molecule has 1 fully saturated rings. The maximum absolute atomic E-state index is 12.2. The zero-order valence-electron chi connectivity index (χ0n) is 20.3. The highest BCUT2D eigenvalue weighted by atomic mass is 16.7. The van der Waals surface area contributed by atoms with Gasteiger partial charge in [0, 0.05) is 17.3 Å². The second kappa shape index (κ2) is 9.88. The van der Waals surface area contributed by atoms with Crippen molar-refractivity contribution < 1.29 is 14.3 Å². The Morgan fingerprint density at radius 2 is 1.69 bits per heavy atom. The summed E-state index contributed by atoms with van der Waals surface area (Å²) in [6.45, 7) is 15.1. The van der Waals surface area contributed by atoms with Crippen LogP contribution >= 0.6 is 0 Å². The lowest BCUT2D eigenvalue weighted by atomic mass is 9.94. The molecule has 1 heterocycles. The van der Waals surface area contributed by atoms with Gasteiger partial charge in [0.25, 0.3) is 0 Å². The Morgan fingerprint density at radius 1 is 1.06 bits per heavy atom. The summed E-state index contributed by atoms with van der Waals surface area (Å²) in [5, 5.41) is 6.43. The Morgan fingerprint density at radius 3 is 2.28 bits per heavy atom. The summed E-state index contributed by atoms with van der Waals surface area (Å²) < 4.78 is 11.5. The third-order valence-electron chi connectivity index (χ3n) is 5.59. The minimum absolute atomic E-state index is 0.0263. The van der Waals surface area contributed by atoms with Crippen LogP contribution in [0.5, 0.6) is 0 Å². The molecule has 5 heteroatoms. The van der Waals surface area contributed by atoms with E-state index in [9.17, 15) is 4.79 Å². The quantitative estimate of drug-likeness (QED) is 0.590. The molecule has 1 aliphatic heterocycles. The first-order valence-corrected chi connectivity index (χ1v) is 11.3. The molecule has 0 aromatic heterocycles. The lowest BCUT2D eigenvalue weighted by Crippen LogP contribution is -2.45. The average molecular weight is 437 g/mol. The third-order valence-corrected chi connectivity index (χ3v) is 5.59. The molecule has 2 aromatic carbocycles. The van der Waals surface area contributed by atoms with Crippen LogP contribution in [-0.2, 0) is 14.3 Å². The van der Waals surface area contributed by atoms with E-state index in [2.05, 4.69) is 60.9 Å². The second-order valence-electron chi connectivity index (χ2n) is 9.42. The fourth-order valence-corrected chi connectivity index (χ4v) is 3.74. The van der Waals surface area contributed by atoms with Gasteiger partial charge in [-0.15, -0.1) is 0 Å². The van der Waals surface area contributed by atoms with Crippen molar-refractivity contribution in [3.05, 3.63) is 58.7 Å². The van der Waals surface area contributed by atoms with Crippen LogP contribution in [-0.4, -0.2) is 37.0 Å². The smallest absolute Gasteiger partial charge is 0.247 e. The van der Waals surface area contributed by atoms with Gasteiger partial charge in [-0.05, 0) is 94.5 Å². The lowest BCUT2D eigenvalue weighted by Gasteiger charge is -2.35. The van der Waals surface area contributed by atoms with Crippen molar-refractivity contribution in [3.63, 3.8) is 0 Å². The molecule has 0 bridgehead atoms. The molecule has 0 radical (unpaired) electrons. The summed E-state index contributed by atoms with van der Waals surface area (Å²) in [4.78, 5) is 12.2. The van der Waals surface area contributed by atoms with Crippen LogP contribution in [0.15, 0.2) is 42.0 Å². The van der Waals surface area contributed by atoms with Gasteiger partial charge in [-0.1, -0.05) is 24.3 Å². The Kier molecular flexibility index (Phi) is 7.42. The van der Waals surface area contributed by atoms with Crippen molar-refractivity contribution in [2.75, 3.05) is 18.5 Å². The van der Waals surface area contributed by atoms with Crippen molar-refractivity contribution in [2.45, 2.75) is 66.3 Å². The van der Waals surface area contributed by atoms with Gasteiger partial charge in [-0.3, -0.25) is 4.79 Å². The third kappa shape index (κ3) is 6.21. The number of aryl methyl sites for hydroxylation is 2. The number of hydrogen-bond donors (Lipinski definition) is 2. The van der Waals surface area contributed by atoms with Crippen LogP contribution in [0.3, 0.4) is 0 Å². The number of ether oxygens (including phenoxy) is 2. The van der Waals surface area contributed by atoms with Crippen molar-refractivity contribution in [1.82, 2.24) is 5.32 Å². The van der Waals surface area contributed by atoms with E-state index in [0.29, 0.717) is 18.8 Å². The Bertz CT molecular complexity index is 981. The highest BCUT2D eigenvalue weighted by Gasteiger charge is 2.28. The Labute approximate surface area is 192 Å². The van der Waals surface area contributed by atoms with Gasteiger partial charge in [0.1, 0.15) is 0 Å². The monoisotopic (exact) mass is 436 g/mol. The van der Waals surface area contributed by atoms with Crippen LogP contribution in [0, 0.1) is 13.8 Å². The standard InChI is InChI=1S/C27H36N2O3/c1-17(2)28-26(30)20(5)13-22-12-19(4)25(14-18(22)3)21-8-10-23(11-9-21)29-24-15-31-27(6,7)32-16-24/h8-14,17,24,29H,15-16H2,1-7H3,(H,28,30)/b20-13+. The highest BCUT2D eigenvalue weighted by Crippen LogP contribution is 2.29. The lowest BCUT2D eigenvalue weighted by molar-refractivity contribution is -0.247. The maximum Gasteiger partial charge on any atom is 0.247 e. The van der Waals surface area contributed by atoms with E-state index in [4.69, 9.17) is 9.47 Å². The molecule has 0 spiro atoms. The molecule has 0 unspecified atom stereocenters. The van der Waals surface area contributed by atoms with E-state index >= 15 is 0 Å². The molecule has 2 aromatic rings. The number of carbonyl (C=O) groups excluding carboxylic acids is 1. The largest absolute Gasteiger partial charge is 0.378 e. The molecule has 1 amide bonds. The number of benzene rings is 2. The van der Waals surface area contributed by atoms with E-state index < -0.39 is 5.79 Å².